The molecule has 7 heteroatoms. The van der Waals surface area contributed by atoms with Gasteiger partial charge in [0, 0.05) is 24.5 Å². The van der Waals surface area contributed by atoms with E-state index in [1.807, 2.05) is 6.92 Å². The molecule has 0 aliphatic rings. The molecule has 0 saturated carbocycles. The third-order valence-electron chi connectivity index (χ3n) is 2.65. The van der Waals surface area contributed by atoms with Crippen molar-refractivity contribution >= 4 is 35.2 Å². The molecule has 0 saturated heterocycles. The van der Waals surface area contributed by atoms with Crippen molar-refractivity contribution < 1.29 is 19.5 Å². The van der Waals surface area contributed by atoms with Crippen molar-refractivity contribution in [2.75, 3.05) is 20.1 Å². The van der Waals surface area contributed by atoms with E-state index in [9.17, 15) is 14.4 Å². The highest BCUT2D eigenvalue weighted by molar-refractivity contribution is 7.15. The van der Waals surface area contributed by atoms with Crippen LogP contribution in [0.2, 0.25) is 0 Å². The minimum atomic E-state index is -1.04. The van der Waals surface area contributed by atoms with Crippen molar-refractivity contribution in [2.24, 2.45) is 0 Å². The van der Waals surface area contributed by atoms with Crippen LogP contribution in [-0.4, -0.2) is 47.9 Å². The Morgan fingerprint density at radius 2 is 2.10 bits per heavy atom. The van der Waals surface area contributed by atoms with Gasteiger partial charge in [0.2, 0.25) is 5.91 Å². The van der Waals surface area contributed by atoms with E-state index in [1.165, 1.54) is 22.3 Å². The standard InChI is InChI=1S/C14H18N2O4S/c1-4-15-12(17)8-16(3)14(20)11-7-9(2)10(21-11)5-6-13(18)19/h5-7H,4,8H2,1-3H3,(H,15,17)(H,18,19)/b6-5+. The number of hydrogen-bond acceptors (Lipinski definition) is 4. The zero-order chi connectivity index (χ0) is 16.0. The van der Waals surface area contributed by atoms with Crippen molar-refractivity contribution in [2.45, 2.75) is 13.8 Å². The van der Waals surface area contributed by atoms with E-state index in [-0.39, 0.29) is 18.4 Å². The van der Waals surface area contributed by atoms with Gasteiger partial charge in [0.05, 0.1) is 11.4 Å². The number of carboxylic acid groups (broad SMARTS) is 1. The van der Waals surface area contributed by atoms with Crippen LogP contribution in [0.25, 0.3) is 6.08 Å². The number of carbonyl (C=O) groups excluding carboxylic acids is 2. The third-order valence-corrected chi connectivity index (χ3v) is 3.84. The number of carbonyl (C=O) groups is 3. The third kappa shape index (κ3) is 5.03. The first-order valence-corrected chi connectivity index (χ1v) is 7.20. The number of aryl methyl sites for hydroxylation is 1. The van der Waals surface area contributed by atoms with E-state index in [2.05, 4.69) is 5.32 Å². The van der Waals surface area contributed by atoms with Crippen LogP contribution in [0.1, 0.15) is 27.0 Å². The van der Waals surface area contributed by atoms with E-state index >= 15 is 0 Å². The molecule has 1 aromatic heterocycles. The van der Waals surface area contributed by atoms with Crippen LogP contribution in [0.5, 0.6) is 0 Å². The first-order chi connectivity index (χ1) is 9.85. The number of nitrogens with zero attached hydrogens (tertiary/aromatic N) is 1. The molecule has 6 nitrogen and oxygen atoms in total. The fraction of sp³-hybridized carbons (Fsp3) is 0.357. The predicted octanol–water partition coefficient (Wildman–Crippen LogP) is 1.36. The summed E-state index contributed by atoms with van der Waals surface area (Å²) in [6.45, 7) is 4.12. The lowest BCUT2D eigenvalue weighted by Gasteiger charge is -2.15. The summed E-state index contributed by atoms with van der Waals surface area (Å²) in [5, 5.41) is 11.2. The summed E-state index contributed by atoms with van der Waals surface area (Å²) in [4.78, 5) is 36.7. The maximum absolute atomic E-state index is 12.2. The molecular weight excluding hydrogens is 292 g/mol. The van der Waals surface area contributed by atoms with E-state index in [1.54, 1.807) is 20.0 Å². The lowest BCUT2D eigenvalue weighted by atomic mass is 10.2. The normalized spacial score (nSPS) is 10.6. The van der Waals surface area contributed by atoms with E-state index in [0.29, 0.717) is 16.3 Å². The maximum Gasteiger partial charge on any atom is 0.328 e. The molecule has 21 heavy (non-hydrogen) atoms. The smallest absolute Gasteiger partial charge is 0.328 e. The molecule has 0 radical (unpaired) electrons. The summed E-state index contributed by atoms with van der Waals surface area (Å²) >= 11 is 1.21. The van der Waals surface area contributed by atoms with Crippen LogP contribution in [0.3, 0.4) is 0 Å². The average Bonchev–Trinajstić information content (AvgIpc) is 2.77. The molecule has 2 amide bonds. The predicted molar refractivity (Wildman–Crippen MR) is 81.4 cm³/mol. The number of aliphatic carboxylic acids is 1. The van der Waals surface area contributed by atoms with Gasteiger partial charge < -0.3 is 15.3 Å². The topological polar surface area (TPSA) is 86.7 Å². The molecule has 0 atom stereocenters. The number of thiophene rings is 1. The van der Waals surface area contributed by atoms with Gasteiger partial charge >= 0.3 is 5.97 Å². The molecule has 0 spiro atoms. The number of rotatable bonds is 6. The Bertz CT molecular complexity index is 578. The molecule has 0 aromatic carbocycles. The Kier molecular flexibility index (Phi) is 6.10. The van der Waals surface area contributed by atoms with Gasteiger partial charge in [0.1, 0.15) is 0 Å². The highest BCUT2D eigenvalue weighted by Crippen LogP contribution is 2.24. The highest BCUT2D eigenvalue weighted by Gasteiger charge is 2.17. The summed E-state index contributed by atoms with van der Waals surface area (Å²) in [6, 6.07) is 1.70. The van der Waals surface area contributed by atoms with Crippen molar-refractivity contribution in [1.29, 1.82) is 0 Å². The molecule has 1 aromatic rings. The second-order valence-corrected chi connectivity index (χ2v) is 5.53. The lowest BCUT2D eigenvalue weighted by Crippen LogP contribution is -2.37. The Hall–Kier alpha value is -2.15. The van der Waals surface area contributed by atoms with Gasteiger partial charge in [0.25, 0.3) is 5.91 Å². The SMILES string of the molecule is CCNC(=O)CN(C)C(=O)c1cc(C)c(/C=C/C(=O)O)s1. The van der Waals surface area contributed by atoms with Gasteiger partial charge in [-0.25, -0.2) is 4.79 Å². The number of nitrogens with one attached hydrogen (secondary N) is 1. The average molecular weight is 310 g/mol. The Morgan fingerprint density at radius 3 is 2.67 bits per heavy atom. The summed E-state index contributed by atoms with van der Waals surface area (Å²) in [5.74, 6) is -1.51. The summed E-state index contributed by atoms with van der Waals surface area (Å²) < 4.78 is 0. The second-order valence-electron chi connectivity index (χ2n) is 4.44. The fourth-order valence-corrected chi connectivity index (χ4v) is 2.71. The van der Waals surface area contributed by atoms with E-state index < -0.39 is 5.97 Å². The Morgan fingerprint density at radius 1 is 1.43 bits per heavy atom. The second kappa shape index (κ2) is 7.58. The van der Waals surface area contributed by atoms with E-state index in [4.69, 9.17) is 5.11 Å². The van der Waals surface area contributed by atoms with Crippen molar-refractivity contribution in [3.8, 4) is 0 Å². The van der Waals surface area contributed by atoms with Crippen molar-refractivity contribution in [3.05, 3.63) is 27.5 Å². The van der Waals surface area contributed by atoms with Crippen LogP contribution in [0, 0.1) is 6.92 Å². The largest absolute Gasteiger partial charge is 0.478 e. The zero-order valence-electron chi connectivity index (χ0n) is 12.2. The van der Waals surface area contributed by atoms with Gasteiger partial charge in [-0.15, -0.1) is 11.3 Å². The lowest BCUT2D eigenvalue weighted by molar-refractivity contribution is -0.131. The molecule has 1 rings (SSSR count). The quantitative estimate of drug-likeness (QED) is 0.777. The molecule has 0 bridgehead atoms. The molecule has 0 aliphatic carbocycles. The molecule has 2 N–H and O–H groups in total. The minimum absolute atomic E-state index is 0.0100. The summed E-state index contributed by atoms with van der Waals surface area (Å²) in [5.41, 5.74) is 0.826. The van der Waals surface area contributed by atoms with E-state index in [0.717, 1.165) is 11.6 Å². The van der Waals surface area contributed by atoms with Crippen LogP contribution < -0.4 is 5.32 Å². The molecule has 0 aliphatic heterocycles. The summed E-state index contributed by atoms with van der Waals surface area (Å²) in [7, 11) is 1.55. The molecule has 1 heterocycles. The molecule has 0 unspecified atom stereocenters. The first-order valence-electron chi connectivity index (χ1n) is 6.38. The maximum atomic E-state index is 12.2. The van der Waals surface area contributed by atoms with Crippen LogP contribution >= 0.6 is 11.3 Å². The molecule has 0 fully saturated rings. The highest BCUT2D eigenvalue weighted by atomic mass is 32.1. The van der Waals surface area contributed by atoms with Crippen molar-refractivity contribution in [3.63, 3.8) is 0 Å². The van der Waals surface area contributed by atoms with Gasteiger partial charge in [-0.1, -0.05) is 0 Å². The first kappa shape index (κ1) is 16.9. The monoisotopic (exact) mass is 310 g/mol. The number of likely N-dealkylation sites (N-methyl/N-ethyl adjacent to an activating group) is 2. The van der Waals surface area contributed by atoms with Gasteiger partial charge in [0.15, 0.2) is 0 Å². The van der Waals surface area contributed by atoms with Crippen LogP contribution in [-0.2, 0) is 9.59 Å². The minimum Gasteiger partial charge on any atom is -0.478 e. The number of amides is 2. The van der Waals surface area contributed by atoms with Gasteiger partial charge in [-0.05, 0) is 31.6 Å². The van der Waals surface area contributed by atoms with Crippen molar-refractivity contribution in [1.82, 2.24) is 10.2 Å². The zero-order valence-corrected chi connectivity index (χ0v) is 13.0. The number of carboxylic acids is 1. The number of hydrogen-bond donors (Lipinski definition) is 2. The van der Waals surface area contributed by atoms with Gasteiger partial charge in [-0.3, -0.25) is 9.59 Å². The summed E-state index contributed by atoms with van der Waals surface area (Å²) in [6.07, 6.45) is 2.49. The van der Waals surface area contributed by atoms with Gasteiger partial charge in [-0.2, -0.15) is 0 Å². The molecular formula is C14H18N2O4S. The Balaban J connectivity index is 2.81. The molecule has 114 valence electrons. The van der Waals surface area contributed by atoms with Crippen LogP contribution in [0.4, 0.5) is 0 Å². The fourth-order valence-electron chi connectivity index (χ4n) is 1.64. The Labute approximate surface area is 127 Å². The van der Waals surface area contributed by atoms with Crippen LogP contribution in [0.15, 0.2) is 12.1 Å².